The molecule has 0 saturated heterocycles. The van der Waals surface area contributed by atoms with E-state index in [1.165, 1.54) is 30.5 Å². The van der Waals surface area contributed by atoms with Crippen LogP contribution in [0.5, 0.6) is 0 Å². The molecule has 0 saturated carbocycles. The van der Waals surface area contributed by atoms with Gasteiger partial charge >= 0.3 is 0 Å². The maximum Gasteiger partial charge on any atom is 0.252 e. The summed E-state index contributed by atoms with van der Waals surface area (Å²) in [7, 11) is -3.43. The van der Waals surface area contributed by atoms with Crippen molar-refractivity contribution in [2.45, 2.75) is 6.54 Å². The Balaban J connectivity index is 1.59. The first kappa shape index (κ1) is 22.0. The monoisotopic (exact) mass is 463 g/mol. The molecule has 2 heterocycles. The van der Waals surface area contributed by atoms with Gasteiger partial charge in [0.2, 0.25) is 10.0 Å². The lowest BCUT2D eigenvalue weighted by atomic mass is 10.1. The van der Waals surface area contributed by atoms with Crippen LogP contribution in [0.4, 0.5) is 10.2 Å². The fourth-order valence-electron chi connectivity index (χ4n) is 3.38. The van der Waals surface area contributed by atoms with E-state index in [1.807, 2.05) is 0 Å². The van der Waals surface area contributed by atoms with Gasteiger partial charge in [-0.15, -0.1) is 0 Å². The maximum absolute atomic E-state index is 13.3. The number of aromatic nitrogens is 2. The van der Waals surface area contributed by atoms with Crippen LogP contribution in [0.15, 0.2) is 67.0 Å². The zero-order valence-electron chi connectivity index (χ0n) is 17.4. The van der Waals surface area contributed by atoms with Crippen molar-refractivity contribution in [1.82, 2.24) is 14.9 Å². The highest BCUT2D eigenvalue weighted by Crippen LogP contribution is 2.26. The number of fused-ring (bicyclic) bond motifs is 1. The van der Waals surface area contributed by atoms with Gasteiger partial charge in [0.05, 0.1) is 29.0 Å². The molecule has 0 fully saturated rings. The lowest BCUT2D eigenvalue weighted by molar-refractivity contribution is 0.0952. The van der Waals surface area contributed by atoms with E-state index in [2.05, 4.69) is 21.1 Å². The number of anilines is 1. The molecule has 0 spiro atoms. The van der Waals surface area contributed by atoms with Gasteiger partial charge in [0, 0.05) is 30.0 Å². The van der Waals surface area contributed by atoms with Gasteiger partial charge in [-0.1, -0.05) is 6.07 Å². The zero-order valence-corrected chi connectivity index (χ0v) is 18.2. The Morgan fingerprint density at radius 1 is 1.15 bits per heavy atom. The molecule has 0 atom stereocenters. The molecule has 0 unspecified atom stereocenters. The van der Waals surface area contributed by atoms with E-state index in [0.717, 1.165) is 6.26 Å². The SMILES string of the molecule is CS(=O)(=O)Nc1ccc(CNC(=O)c2cc(C#N)cc3c2ccn3-c2ccc(F)cc2)cn1. The van der Waals surface area contributed by atoms with Crippen LogP contribution in [0.3, 0.4) is 0 Å². The van der Waals surface area contributed by atoms with Crippen LogP contribution in [0.25, 0.3) is 16.6 Å². The molecule has 1 amide bonds. The summed E-state index contributed by atoms with van der Waals surface area (Å²) < 4.78 is 39.9. The van der Waals surface area contributed by atoms with Crippen molar-refractivity contribution >= 4 is 32.7 Å². The summed E-state index contributed by atoms with van der Waals surface area (Å²) in [5.74, 6) is -0.562. The van der Waals surface area contributed by atoms with Crippen LogP contribution < -0.4 is 10.0 Å². The predicted molar refractivity (Wildman–Crippen MR) is 122 cm³/mol. The Hall–Kier alpha value is -4.23. The normalized spacial score (nSPS) is 11.2. The summed E-state index contributed by atoms with van der Waals surface area (Å²) in [5, 5.41) is 12.9. The van der Waals surface area contributed by atoms with Crippen molar-refractivity contribution in [2.75, 3.05) is 11.0 Å². The first-order valence-electron chi connectivity index (χ1n) is 9.75. The van der Waals surface area contributed by atoms with Gasteiger partial charge in [0.1, 0.15) is 11.6 Å². The Morgan fingerprint density at radius 3 is 2.55 bits per heavy atom. The number of carbonyl (C=O) groups excluding carboxylic acids is 1. The minimum absolute atomic E-state index is 0.155. The minimum Gasteiger partial charge on any atom is -0.348 e. The first-order valence-corrected chi connectivity index (χ1v) is 11.6. The highest BCUT2D eigenvalue weighted by Gasteiger charge is 2.15. The van der Waals surface area contributed by atoms with Crippen LogP contribution in [0.1, 0.15) is 21.5 Å². The number of carbonyl (C=O) groups is 1. The largest absolute Gasteiger partial charge is 0.348 e. The van der Waals surface area contributed by atoms with E-state index in [9.17, 15) is 22.9 Å². The van der Waals surface area contributed by atoms with Crippen LogP contribution in [0, 0.1) is 17.1 Å². The average Bonchev–Trinajstić information content (AvgIpc) is 3.21. The van der Waals surface area contributed by atoms with E-state index >= 15 is 0 Å². The molecule has 4 rings (SSSR count). The highest BCUT2D eigenvalue weighted by atomic mass is 32.2. The molecule has 4 aromatic rings. The number of pyridine rings is 1. The third-order valence-corrected chi connectivity index (χ3v) is 5.43. The molecular formula is C23H18FN5O3S. The second kappa shape index (κ2) is 8.72. The summed E-state index contributed by atoms with van der Waals surface area (Å²) in [6, 6.07) is 16.1. The van der Waals surface area contributed by atoms with Gasteiger partial charge < -0.3 is 9.88 Å². The highest BCUT2D eigenvalue weighted by molar-refractivity contribution is 7.92. The number of rotatable bonds is 6. The van der Waals surface area contributed by atoms with Crippen LogP contribution in [0.2, 0.25) is 0 Å². The number of halogens is 1. The molecule has 33 heavy (non-hydrogen) atoms. The number of nitrogens with one attached hydrogen (secondary N) is 2. The van der Waals surface area contributed by atoms with Crippen LogP contribution in [-0.4, -0.2) is 30.1 Å². The second-order valence-electron chi connectivity index (χ2n) is 7.34. The van der Waals surface area contributed by atoms with Gasteiger partial charge in [-0.25, -0.2) is 17.8 Å². The second-order valence-corrected chi connectivity index (χ2v) is 9.09. The van der Waals surface area contributed by atoms with Crippen molar-refractivity contribution in [2.24, 2.45) is 0 Å². The minimum atomic E-state index is -3.43. The fraction of sp³-hybridized carbons (Fsp3) is 0.0870. The summed E-state index contributed by atoms with van der Waals surface area (Å²) in [4.78, 5) is 17.0. The number of sulfonamides is 1. The lowest BCUT2D eigenvalue weighted by Gasteiger charge is -2.10. The molecule has 0 aliphatic heterocycles. The molecule has 0 radical (unpaired) electrons. The van der Waals surface area contributed by atoms with Crippen molar-refractivity contribution in [3.63, 3.8) is 0 Å². The van der Waals surface area contributed by atoms with Crippen molar-refractivity contribution < 1.29 is 17.6 Å². The fourth-order valence-corrected chi connectivity index (χ4v) is 3.88. The van der Waals surface area contributed by atoms with Gasteiger partial charge in [0.15, 0.2) is 0 Å². The van der Waals surface area contributed by atoms with E-state index < -0.39 is 10.0 Å². The third kappa shape index (κ3) is 4.99. The molecule has 2 aromatic carbocycles. The Labute approximate surface area is 189 Å². The Morgan fingerprint density at radius 2 is 1.91 bits per heavy atom. The topological polar surface area (TPSA) is 117 Å². The van der Waals surface area contributed by atoms with Gasteiger partial charge in [0.25, 0.3) is 5.91 Å². The third-order valence-electron chi connectivity index (χ3n) is 4.85. The van der Waals surface area contributed by atoms with E-state index in [0.29, 0.717) is 33.3 Å². The van der Waals surface area contributed by atoms with Gasteiger partial charge in [-0.05, 0) is 54.1 Å². The molecule has 0 aliphatic carbocycles. The smallest absolute Gasteiger partial charge is 0.252 e. The molecule has 0 bridgehead atoms. The summed E-state index contributed by atoms with van der Waals surface area (Å²) in [5.41, 5.74) is 2.64. The van der Waals surface area contributed by atoms with Gasteiger partial charge in [-0.2, -0.15) is 5.26 Å². The van der Waals surface area contributed by atoms with E-state index in [4.69, 9.17) is 0 Å². The number of hydrogen-bond acceptors (Lipinski definition) is 5. The standard InChI is InChI=1S/C23H18FN5O3S/c1-33(31,32)28-22-7-2-15(13-26-22)14-27-23(30)20-10-16(12-25)11-21-19(20)8-9-29(21)18-5-3-17(24)4-6-18/h2-11,13H,14H2,1H3,(H,26,28)(H,27,30). The van der Waals surface area contributed by atoms with Crippen molar-refractivity contribution in [3.05, 3.63) is 89.5 Å². The molecule has 0 aliphatic rings. The van der Waals surface area contributed by atoms with Gasteiger partial charge in [-0.3, -0.25) is 9.52 Å². The summed E-state index contributed by atoms with van der Waals surface area (Å²) >= 11 is 0. The molecule has 166 valence electrons. The molecular weight excluding hydrogens is 445 g/mol. The average molecular weight is 463 g/mol. The van der Waals surface area contributed by atoms with E-state index in [-0.39, 0.29) is 24.1 Å². The lowest BCUT2D eigenvalue weighted by Crippen LogP contribution is -2.23. The van der Waals surface area contributed by atoms with Crippen LogP contribution >= 0.6 is 0 Å². The number of amides is 1. The van der Waals surface area contributed by atoms with Crippen LogP contribution in [-0.2, 0) is 16.6 Å². The molecule has 10 heteroatoms. The molecule has 2 aromatic heterocycles. The summed E-state index contributed by atoms with van der Waals surface area (Å²) in [6.45, 7) is 0.155. The number of benzene rings is 2. The van der Waals surface area contributed by atoms with E-state index in [1.54, 1.807) is 41.1 Å². The quantitative estimate of drug-likeness (QED) is 0.455. The number of nitriles is 1. The Kier molecular flexibility index (Phi) is 5.81. The van der Waals surface area contributed by atoms with Crippen molar-refractivity contribution in [3.8, 4) is 11.8 Å². The molecule has 2 N–H and O–H groups in total. The van der Waals surface area contributed by atoms with Crippen molar-refractivity contribution in [1.29, 1.82) is 5.26 Å². The number of nitrogens with zero attached hydrogens (tertiary/aromatic N) is 3. The molecule has 8 nitrogen and oxygen atoms in total. The summed E-state index contributed by atoms with van der Waals surface area (Å²) in [6.07, 6.45) is 4.25. The Bertz CT molecular complexity index is 1490. The zero-order chi connectivity index (χ0) is 23.6. The predicted octanol–water partition coefficient (Wildman–Crippen LogP) is 3.34. The first-order chi connectivity index (χ1) is 15.7. The number of hydrogen-bond donors (Lipinski definition) is 2. The maximum atomic E-state index is 13.3.